The van der Waals surface area contributed by atoms with Crippen LogP contribution < -0.4 is 0 Å². The molecule has 0 aliphatic carbocycles. The lowest BCUT2D eigenvalue weighted by Gasteiger charge is -2.22. The average molecular weight is 674 g/mol. The third-order valence-electron chi connectivity index (χ3n) is 9.78. The van der Waals surface area contributed by atoms with Gasteiger partial charge in [-0.25, -0.2) is 4.57 Å². The minimum Gasteiger partial charge on any atom is -0.303 e. The van der Waals surface area contributed by atoms with E-state index in [2.05, 4.69) is 23.3 Å². The van der Waals surface area contributed by atoms with E-state index in [0.717, 1.165) is 19.3 Å². The van der Waals surface area contributed by atoms with Crippen LogP contribution in [0.2, 0.25) is 0 Å². The standard InChI is InChI=1S/C40H84NO4P/c1-3-5-7-9-11-13-21-25-29-33-37-41(38-34-30-26-22-14-12-10-8-6-4-2)39-35-31-27-23-19-17-15-16-18-20-24-28-32-36-40-45-46(42,43)44/h3-40H2,1-2H3,(H2,42,43,44). The Hall–Kier alpha value is 0.0700. The van der Waals surface area contributed by atoms with Crippen LogP contribution in [0.1, 0.15) is 232 Å². The van der Waals surface area contributed by atoms with E-state index in [0.29, 0.717) is 0 Å². The highest BCUT2D eigenvalue weighted by Gasteiger charge is 2.12. The number of rotatable bonds is 40. The molecule has 6 heteroatoms. The lowest BCUT2D eigenvalue weighted by Crippen LogP contribution is -2.27. The molecule has 0 aromatic carbocycles. The van der Waals surface area contributed by atoms with Crippen LogP contribution in [-0.4, -0.2) is 40.9 Å². The van der Waals surface area contributed by atoms with Gasteiger partial charge < -0.3 is 14.7 Å². The van der Waals surface area contributed by atoms with Crippen LogP contribution in [0, 0.1) is 0 Å². The van der Waals surface area contributed by atoms with E-state index in [1.54, 1.807) is 0 Å². The summed E-state index contributed by atoms with van der Waals surface area (Å²) in [5, 5.41) is 0. The second-order valence-corrected chi connectivity index (χ2v) is 15.7. The Labute approximate surface area is 289 Å². The average Bonchev–Trinajstić information content (AvgIpc) is 3.03. The zero-order valence-electron chi connectivity index (χ0n) is 31.5. The third-order valence-corrected chi connectivity index (χ3v) is 10.3. The molecule has 0 spiro atoms. The summed E-state index contributed by atoms with van der Waals surface area (Å²) in [5.74, 6) is 0. The van der Waals surface area contributed by atoms with E-state index in [4.69, 9.17) is 9.79 Å². The molecule has 0 aromatic rings. The van der Waals surface area contributed by atoms with E-state index in [9.17, 15) is 4.57 Å². The highest BCUT2D eigenvalue weighted by atomic mass is 31.2. The minimum absolute atomic E-state index is 0.168. The molecule has 0 amide bonds. The summed E-state index contributed by atoms with van der Waals surface area (Å²) in [6, 6.07) is 0. The van der Waals surface area contributed by atoms with Gasteiger partial charge in [0.1, 0.15) is 0 Å². The van der Waals surface area contributed by atoms with Crippen LogP contribution in [-0.2, 0) is 9.09 Å². The molecular formula is C40H84NO4P. The van der Waals surface area contributed by atoms with Gasteiger partial charge in [0.25, 0.3) is 0 Å². The molecule has 0 saturated heterocycles. The number of nitrogens with zero attached hydrogens (tertiary/aromatic N) is 1. The number of hydrogen-bond acceptors (Lipinski definition) is 3. The van der Waals surface area contributed by atoms with Gasteiger partial charge in [-0.3, -0.25) is 4.52 Å². The van der Waals surface area contributed by atoms with Crippen molar-refractivity contribution in [2.24, 2.45) is 0 Å². The van der Waals surface area contributed by atoms with Crippen molar-refractivity contribution in [3.05, 3.63) is 0 Å². The Morgan fingerprint density at radius 1 is 0.370 bits per heavy atom. The molecule has 46 heavy (non-hydrogen) atoms. The van der Waals surface area contributed by atoms with E-state index in [1.807, 2.05) is 0 Å². The summed E-state index contributed by atoms with van der Waals surface area (Å²) >= 11 is 0. The zero-order chi connectivity index (χ0) is 33.7. The first-order chi connectivity index (χ1) is 22.5. The van der Waals surface area contributed by atoms with Gasteiger partial charge in [0, 0.05) is 0 Å². The molecule has 0 aliphatic rings. The molecule has 0 radical (unpaired) electrons. The monoisotopic (exact) mass is 674 g/mol. The number of phosphoric acid groups is 1. The molecule has 0 heterocycles. The number of hydrogen-bond donors (Lipinski definition) is 2. The van der Waals surface area contributed by atoms with Gasteiger partial charge in [0.15, 0.2) is 0 Å². The summed E-state index contributed by atoms with van der Waals surface area (Å²) in [5.41, 5.74) is 0. The SMILES string of the molecule is CCCCCCCCCCCCN(CCCCCCCCCCCC)CCCCCCCCCCCCCCCCOP(=O)(O)O. The highest BCUT2D eigenvalue weighted by molar-refractivity contribution is 7.46. The van der Waals surface area contributed by atoms with E-state index in [1.165, 1.54) is 219 Å². The first kappa shape index (κ1) is 46.1. The first-order valence-electron chi connectivity index (χ1n) is 20.9. The fourth-order valence-corrected chi connectivity index (χ4v) is 7.09. The van der Waals surface area contributed by atoms with Crippen molar-refractivity contribution in [3.63, 3.8) is 0 Å². The van der Waals surface area contributed by atoms with Gasteiger partial charge in [0.05, 0.1) is 6.61 Å². The maximum atomic E-state index is 10.6. The van der Waals surface area contributed by atoms with Gasteiger partial charge >= 0.3 is 7.82 Å². The molecule has 5 nitrogen and oxygen atoms in total. The molecule has 0 fully saturated rings. The van der Waals surface area contributed by atoms with Gasteiger partial charge in [0.2, 0.25) is 0 Å². The summed E-state index contributed by atoms with van der Waals surface area (Å²) in [7, 11) is -4.28. The number of unbranched alkanes of at least 4 members (excludes halogenated alkanes) is 31. The maximum absolute atomic E-state index is 10.6. The molecule has 0 bridgehead atoms. The number of phosphoric ester groups is 1. The second kappa shape index (κ2) is 37.9. The predicted octanol–water partition coefficient (Wildman–Crippen LogP) is 13.7. The van der Waals surface area contributed by atoms with Crippen LogP contribution >= 0.6 is 7.82 Å². The highest BCUT2D eigenvalue weighted by Crippen LogP contribution is 2.35. The maximum Gasteiger partial charge on any atom is 0.469 e. The Kier molecular flexibility index (Phi) is 37.9. The normalized spacial score (nSPS) is 12.1. The van der Waals surface area contributed by atoms with Crippen molar-refractivity contribution in [3.8, 4) is 0 Å². The third kappa shape index (κ3) is 40.2. The van der Waals surface area contributed by atoms with Gasteiger partial charge in [-0.05, 0) is 45.3 Å². The van der Waals surface area contributed by atoms with Crippen molar-refractivity contribution < 1.29 is 18.9 Å². The van der Waals surface area contributed by atoms with Crippen LogP contribution in [0.15, 0.2) is 0 Å². The van der Waals surface area contributed by atoms with Gasteiger partial charge in [-0.1, -0.05) is 206 Å². The smallest absolute Gasteiger partial charge is 0.303 e. The van der Waals surface area contributed by atoms with Crippen LogP contribution in [0.5, 0.6) is 0 Å². The van der Waals surface area contributed by atoms with Crippen molar-refractivity contribution >= 4 is 7.82 Å². The summed E-state index contributed by atoms with van der Waals surface area (Å²) < 4.78 is 15.1. The van der Waals surface area contributed by atoms with Crippen LogP contribution in [0.4, 0.5) is 0 Å². The van der Waals surface area contributed by atoms with E-state index < -0.39 is 7.82 Å². The van der Waals surface area contributed by atoms with Crippen LogP contribution in [0.25, 0.3) is 0 Å². The summed E-state index contributed by atoms with van der Waals surface area (Å²) in [6.07, 6.45) is 46.5. The van der Waals surface area contributed by atoms with E-state index in [-0.39, 0.29) is 6.61 Å². The Bertz CT molecular complexity index is 590. The predicted molar refractivity (Wildman–Crippen MR) is 203 cm³/mol. The van der Waals surface area contributed by atoms with Crippen molar-refractivity contribution in [2.45, 2.75) is 232 Å². The molecule has 0 saturated carbocycles. The molecule has 0 atom stereocenters. The molecule has 0 unspecified atom stereocenters. The van der Waals surface area contributed by atoms with Gasteiger partial charge in [-0.2, -0.15) is 0 Å². The topological polar surface area (TPSA) is 70.0 Å². The van der Waals surface area contributed by atoms with Crippen molar-refractivity contribution in [1.82, 2.24) is 4.90 Å². The molecule has 0 aromatic heterocycles. The Morgan fingerprint density at radius 2 is 0.587 bits per heavy atom. The molecule has 0 rings (SSSR count). The van der Waals surface area contributed by atoms with Crippen LogP contribution in [0.3, 0.4) is 0 Å². The van der Waals surface area contributed by atoms with Gasteiger partial charge in [-0.15, -0.1) is 0 Å². The van der Waals surface area contributed by atoms with Crippen molar-refractivity contribution in [2.75, 3.05) is 26.2 Å². The lowest BCUT2D eigenvalue weighted by molar-refractivity contribution is 0.193. The fraction of sp³-hybridized carbons (Fsp3) is 1.00. The minimum atomic E-state index is -4.28. The van der Waals surface area contributed by atoms with E-state index >= 15 is 0 Å². The summed E-state index contributed by atoms with van der Waals surface area (Å²) in [6.45, 7) is 8.77. The van der Waals surface area contributed by atoms with Crippen molar-refractivity contribution in [1.29, 1.82) is 0 Å². The zero-order valence-corrected chi connectivity index (χ0v) is 32.4. The second-order valence-electron chi connectivity index (χ2n) is 14.5. The first-order valence-corrected chi connectivity index (χ1v) is 22.4. The molecule has 278 valence electrons. The summed E-state index contributed by atoms with van der Waals surface area (Å²) in [4.78, 5) is 20.2. The molecule has 0 aliphatic heterocycles. The molecule has 2 N–H and O–H groups in total. The quantitative estimate of drug-likeness (QED) is 0.0500. The molecular weight excluding hydrogens is 589 g/mol. The Balaban J connectivity index is 3.83. The largest absolute Gasteiger partial charge is 0.469 e. The fourth-order valence-electron chi connectivity index (χ4n) is 6.72. The lowest BCUT2D eigenvalue weighted by atomic mass is 10.0. The Morgan fingerprint density at radius 3 is 0.826 bits per heavy atom.